The van der Waals surface area contributed by atoms with Gasteiger partial charge in [0.2, 0.25) is 0 Å². The molecule has 2 rings (SSSR count). The lowest BCUT2D eigenvalue weighted by Crippen LogP contribution is -2.40. The van der Waals surface area contributed by atoms with E-state index in [0.717, 1.165) is 50.8 Å². The van der Waals surface area contributed by atoms with Crippen molar-refractivity contribution in [3.63, 3.8) is 0 Å². The van der Waals surface area contributed by atoms with Crippen LogP contribution in [0.2, 0.25) is 0 Å². The first-order valence-electron chi connectivity index (χ1n) is 9.23. The Bertz CT molecular complexity index is 563. The molecular formula is C19H31N3O3. The van der Waals surface area contributed by atoms with Gasteiger partial charge in [0.05, 0.1) is 19.8 Å². The number of hydrogen-bond donors (Lipinski definition) is 2. The monoisotopic (exact) mass is 349 g/mol. The fourth-order valence-electron chi connectivity index (χ4n) is 2.97. The summed E-state index contributed by atoms with van der Waals surface area (Å²) in [5.74, 6) is 2.19. The van der Waals surface area contributed by atoms with Crippen LogP contribution in [0.25, 0.3) is 0 Å². The zero-order valence-corrected chi connectivity index (χ0v) is 15.6. The Labute approximate surface area is 150 Å². The number of aliphatic imine (C=N–C) groups is 1. The SMILES string of the molecule is CCNC(=NCc1ccc(O)c(OCC)c1)N1CCC(COCC)C1. The third kappa shape index (κ3) is 5.81. The maximum atomic E-state index is 9.81. The number of hydrogen-bond acceptors (Lipinski definition) is 4. The van der Waals surface area contributed by atoms with Crippen LogP contribution in [0.4, 0.5) is 0 Å². The first kappa shape index (κ1) is 19.4. The molecule has 1 aromatic carbocycles. The van der Waals surface area contributed by atoms with Gasteiger partial charge in [-0.2, -0.15) is 0 Å². The number of benzene rings is 1. The number of phenolic OH excluding ortho intramolecular Hbond substituents is 1. The molecule has 1 aliphatic heterocycles. The zero-order chi connectivity index (χ0) is 18.1. The lowest BCUT2D eigenvalue weighted by atomic mass is 10.1. The molecule has 0 spiro atoms. The Hall–Kier alpha value is -1.95. The summed E-state index contributed by atoms with van der Waals surface area (Å²) in [5.41, 5.74) is 1.02. The Balaban J connectivity index is 2.01. The molecule has 1 aliphatic rings. The van der Waals surface area contributed by atoms with Gasteiger partial charge in [-0.05, 0) is 44.9 Å². The van der Waals surface area contributed by atoms with Gasteiger partial charge < -0.3 is 24.8 Å². The van der Waals surface area contributed by atoms with E-state index in [1.165, 1.54) is 0 Å². The van der Waals surface area contributed by atoms with Gasteiger partial charge >= 0.3 is 0 Å². The van der Waals surface area contributed by atoms with Crippen molar-refractivity contribution in [2.24, 2.45) is 10.9 Å². The molecule has 0 saturated carbocycles. The summed E-state index contributed by atoms with van der Waals surface area (Å²) in [6.07, 6.45) is 1.14. The molecule has 0 aliphatic carbocycles. The molecule has 6 heteroatoms. The average Bonchev–Trinajstić information content (AvgIpc) is 3.08. The number of ether oxygens (including phenoxy) is 2. The van der Waals surface area contributed by atoms with E-state index < -0.39 is 0 Å². The number of aromatic hydroxyl groups is 1. The van der Waals surface area contributed by atoms with Gasteiger partial charge in [-0.25, -0.2) is 4.99 Å². The number of nitrogens with one attached hydrogen (secondary N) is 1. The Morgan fingerprint density at radius 3 is 2.88 bits per heavy atom. The molecular weight excluding hydrogens is 318 g/mol. The molecule has 1 saturated heterocycles. The van der Waals surface area contributed by atoms with E-state index in [0.29, 0.717) is 24.8 Å². The predicted octanol–water partition coefficient (Wildman–Crippen LogP) is 2.61. The Morgan fingerprint density at radius 1 is 1.32 bits per heavy atom. The summed E-state index contributed by atoms with van der Waals surface area (Å²) in [5, 5.41) is 13.2. The van der Waals surface area contributed by atoms with Crippen LogP contribution in [0.5, 0.6) is 11.5 Å². The first-order valence-corrected chi connectivity index (χ1v) is 9.23. The van der Waals surface area contributed by atoms with E-state index in [1.54, 1.807) is 6.07 Å². The van der Waals surface area contributed by atoms with Crippen molar-refractivity contribution in [1.82, 2.24) is 10.2 Å². The molecule has 0 amide bonds. The molecule has 1 heterocycles. The van der Waals surface area contributed by atoms with E-state index in [4.69, 9.17) is 14.5 Å². The van der Waals surface area contributed by atoms with Crippen molar-refractivity contribution in [2.45, 2.75) is 33.7 Å². The molecule has 6 nitrogen and oxygen atoms in total. The van der Waals surface area contributed by atoms with Gasteiger partial charge in [-0.15, -0.1) is 0 Å². The van der Waals surface area contributed by atoms with Crippen LogP contribution in [0.15, 0.2) is 23.2 Å². The Morgan fingerprint density at radius 2 is 2.16 bits per heavy atom. The fourth-order valence-corrected chi connectivity index (χ4v) is 2.97. The summed E-state index contributed by atoms with van der Waals surface area (Å²) in [6.45, 7) is 11.5. The van der Waals surface area contributed by atoms with E-state index in [-0.39, 0.29) is 5.75 Å². The quantitative estimate of drug-likeness (QED) is 0.558. The number of likely N-dealkylation sites (tertiary alicyclic amines) is 1. The summed E-state index contributed by atoms with van der Waals surface area (Å²) < 4.78 is 11.0. The molecule has 140 valence electrons. The second-order valence-corrected chi connectivity index (χ2v) is 6.17. The normalized spacial score (nSPS) is 17.8. The largest absolute Gasteiger partial charge is 0.504 e. The van der Waals surface area contributed by atoms with Crippen molar-refractivity contribution in [1.29, 1.82) is 0 Å². The molecule has 0 aromatic heterocycles. The number of nitrogens with zero attached hydrogens (tertiary/aromatic N) is 2. The van der Waals surface area contributed by atoms with Crippen LogP contribution < -0.4 is 10.1 Å². The van der Waals surface area contributed by atoms with Gasteiger partial charge in [0.15, 0.2) is 17.5 Å². The highest BCUT2D eigenvalue weighted by Crippen LogP contribution is 2.27. The molecule has 1 fully saturated rings. The summed E-state index contributed by atoms with van der Waals surface area (Å²) in [7, 11) is 0. The van der Waals surface area contributed by atoms with Gasteiger partial charge in [0.25, 0.3) is 0 Å². The topological polar surface area (TPSA) is 66.3 Å². The van der Waals surface area contributed by atoms with Crippen molar-refractivity contribution in [3.8, 4) is 11.5 Å². The number of rotatable bonds is 8. The third-order valence-electron chi connectivity index (χ3n) is 4.21. The highest BCUT2D eigenvalue weighted by atomic mass is 16.5. The first-order chi connectivity index (χ1) is 12.2. The van der Waals surface area contributed by atoms with E-state index in [9.17, 15) is 5.11 Å². The molecule has 1 unspecified atom stereocenters. The van der Waals surface area contributed by atoms with Crippen LogP contribution in [0.3, 0.4) is 0 Å². The zero-order valence-electron chi connectivity index (χ0n) is 15.6. The van der Waals surface area contributed by atoms with Crippen LogP contribution in [0.1, 0.15) is 32.8 Å². The summed E-state index contributed by atoms with van der Waals surface area (Å²) in [6, 6.07) is 5.40. The Kier molecular flexibility index (Phi) is 7.85. The standard InChI is InChI=1S/C19H31N3O3/c1-4-20-19(22-10-9-16(13-22)14-24-5-2)21-12-15-7-8-17(23)18(11-15)25-6-3/h7-8,11,16,23H,4-6,9-10,12-14H2,1-3H3,(H,20,21). The van der Waals surface area contributed by atoms with E-state index in [2.05, 4.69) is 17.1 Å². The highest BCUT2D eigenvalue weighted by Gasteiger charge is 2.24. The molecule has 1 atom stereocenters. The predicted molar refractivity (Wildman–Crippen MR) is 100 cm³/mol. The average molecular weight is 349 g/mol. The highest BCUT2D eigenvalue weighted by molar-refractivity contribution is 5.80. The minimum atomic E-state index is 0.166. The van der Waals surface area contributed by atoms with Crippen molar-refractivity contribution in [3.05, 3.63) is 23.8 Å². The molecule has 0 bridgehead atoms. The van der Waals surface area contributed by atoms with Crippen molar-refractivity contribution >= 4 is 5.96 Å². The number of guanidine groups is 1. The maximum Gasteiger partial charge on any atom is 0.194 e. The van der Waals surface area contributed by atoms with Gasteiger partial charge in [-0.1, -0.05) is 6.07 Å². The minimum Gasteiger partial charge on any atom is -0.504 e. The van der Waals surface area contributed by atoms with Gasteiger partial charge in [0, 0.05) is 32.2 Å². The molecule has 2 N–H and O–H groups in total. The van der Waals surface area contributed by atoms with Crippen molar-refractivity contribution in [2.75, 3.05) is 39.5 Å². The molecule has 25 heavy (non-hydrogen) atoms. The fraction of sp³-hybridized carbons (Fsp3) is 0.632. The van der Waals surface area contributed by atoms with Crippen LogP contribution in [-0.4, -0.2) is 55.4 Å². The summed E-state index contributed by atoms with van der Waals surface area (Å²) >= 11 is 0. The van der Waals surface area contributed by atoms with Crippen LogP contribution in [0, 0.1) is 5.92 Å². The van der Waals surface area contributed by atoms with Gasteiger partial charge in [0.1, 0.15) is 0 Å². The molecule has 0 radical (unpaired) electrons. The summed E-state index contributed by atoms with van der Waals surface area (Å²) in [4.78, 5) is 7.07. The lowest BCUT2D eigenvalue weighted by molar-refractivity contribution is 0.114. The van der Waals surface area contributed by atoms with Gasteiger partial charge in [-0.3, -0.25) is 0 Å². The second kappa shape index (κ2) is 10.1. The van der Waals surface area contributed by atoms with Crippen LogP contribution >= 0.6 is 0 Å². The lowest BCUT2D eigenvalue weighted by Gasteiger charge is -2.21. The van der Waals surface area contributed by atoms with E-state index in [1.807, 2.05) is 26.0 Å². The smallest absolute Gasteiger partial charge is 0.194 e. The third-order valence-corrected chi connectivity index (χ3v) is 4.21. The second-order valence-electron chi connectivity index (χ2n) is 6.17. The maximum absolute atomic E-state index is 9.81. The minimum absolute atomic E-state index is 0.166. The van der Waals surface area contributed by atoms with E-state index >= 15 is 0 Å². The molecule has 1 aromatic rings. The van der Waals surface area contributed by atoms with Crippen LogP contribution in [-0.2, 0) is 11.3 Å². The van der Waals surface area contributed by atoms with Crippen molar-refractivity contribution < 1.29 is 14.6 Å². The number of phenols is 1.